The monoisotopic (exact) mass is 474 g/mol. The van der Waals surface area contributed by atoms with E-state index in [0.29, 0.717) is 12.5 Å². The van der Waals surface area contributed by atoms with E-state index in [9.17, 15) is 0 Å². The molecule has 6 nitrogen and oxygen atoms in total. The fraction of sp³-hybridized carbons (Fsp3) is 0.632. The average molecular weight is 474 g/mol. The van der Waals surface area contributed by atoms with E-state index >= 15 is 0 Å². The molecule has 0 bridgehead atoms. The summed E-state index contributed by atoms with van der Waals surface area (Å²) in [5, 5.41) is 0. The number of piperidine rings is 1. The van der Waals surface area contributed by atoms with Crippen molar-refractivity contribution in [2.24, 2.45) is 10.7 Å². The minimum absolute atomic E-state index is 0. The lowest BCUT2D eigenvalue weighted by Gasteiger charge is -2.34. The molecule has 0 amide bonds. The molecule has 7 heteroatoms. The molecule has 1 atom stereocenters. The summed E-state index contributed by atoms with van der Waals surface area (Å²) in [6, 6.07) is 8.63. The lowest BCUT2D eigenvalue weighted by molar-refractivity contribution is 0.0673. The molecule has 2 fully saturated rings. The van der Waals surface area contributed by atoms with Gasteiger partial charge in [-0.15, -0.1) is 24.0 Å². The SMILES string of the molecule is COc1ccc(C(CN=C(N)N2CCOCC2)N2CCCCC2)cc1.I. The molecule has 1 aromatic carbocycles. The Hall–Kier alpha value is -1.06. The van der Waals surface area contributed by atoms with Crippen LogP contribution >= 0.6 is 24.0 Å². The van der Waals surface area contributed by atoms with Crippen LogP contribution in [0.15, 0.2) is 29.3 Å². The largest absolute Gasteiger partial charge is 0.497 e. The second kappa shape index (κ2) is 10.9. The van der Waals surface area contributed by atoms with Crippen LogP contribution in [0.3, 0.4) is 0 Å². The van der Waals surface area contributed by atoms with Crippen molar-refractivity contribution in [3.05, 3.63) is 29.8 Å². The molecular weight excluding hydrogens is 443 g/mol. The number of benzene rings is 1. The molecule has 2 aliphatic heterocycles. The van der Waals surface area contributed by atoms with Gasteiger partial charge in [-0.3, -0.25) is 9.89 Å². The van der Waals surface area contributed by atoms with Gasteiger partial charge in [-0.05, 0) is 43.6 Å². The van der Waals surface area contributed by atoms with E-state index in [-0.39, 0.29) is 30.0 Å². The number of nitrogens with zero attached hydrogens (tertiary/aromatic N) is 3. The fourth-order valence-corrected chi connectivity index (χ4v) is 3.56. The number of nitrogens with two attached hydrogens (primary N) is 1. The van der Waals surface area contributed by atoms with Crippen molar-refractivity contribution in [3.63, 3.8) is 0 Å². The van der Waals surface area contributed by atoms with Gasteiger partial charge in [0.1, 0.15) is 5.75 Å². The normalized spacial score (nSPS) is 20.3. The molecule has 1 unspecified atom stereocenters. The molecule has 2 aliphatic rings. The molecule has 0 spiro atoms. The number of likely N-dealkylation sites (tertiary alicyclic amines) is 1. The van der Waals surface area contributed by atoms with Gasteiger partial charge in [0.05, 0.1) is 32.9 Å². The third-order valence-electron chi connectivity index (χ3n) is 5.09. The summed E-state index contributed by atoms with van der Waals surface area (Å²) >= 11 is 0. The first-order valence-corrected chi connectivity index (χ1v) is 9.28. The third-order valence-corrected chi connectivity index (χ3v) is 5.09. The number of ether oxygens (including phenoxy) is 2. The summed E-state index contributed by atoms with van der Waals surface area (Å²) in [6.07, 6.45) is 3.84. The number of methoxy groups -OCH3 is 1. The minimum atomic E-state index is 0. The van der Waals surface area contributed by atoms with Crippen LogP contribution in [0.5, 0.6) is 5.75 Å². The second-order valence-corrected chi connectivity index (χ2v) is 6.68. The third kappa shape index (κ3) is 5.72. The fourth-order valence-electron chi connectivity index (χ4n) is 3.56. The average Bonchev–Trinajstić information content (AvgIpc) is 2.70. The Morgan fingerprint density at radius 2 is 1.77 bits per heavy atom. The van der Waals surface area contributed by atoms with E-state index in [0.717, 1.165) is 45.1 Å². The Morgan fingerprint density at radius 1 is 1.12 bits per heavy atom. The molecule has 1 aromatic rings. The van der Waals surface area contributed by atoms with E-state index < -0.39 is 0 Å². The first-order valence-electron chi connectivity index (χ1n) is 9.28. The predicted molar refractivity (Wildman–Crippen MR) is 115 cm³/mol. The first-order chi connectivity index (χ1) is 12.3. The van der Waals surface area contributed by atoms with Crippen LogP contribution in [-0.2, 0) is 4.74 Å². The van der Waals surface area contributed by atoms with Crippen molar-refractivity contribution < 1.29 is 9.47 Å². The van der Waals surface area contributed by atoms with E-state index in [2.05, 4.69) is 21.9 Å². The topological polar surface area (TPSA) is 63.3 Å². The van der Waals surface area contributed by atoms with Gasteiger partial charge in [-0.25, -0.2) is 0 Å². The van der Waals surface area contributed by atoms with Gasteiger partial charge in [0, 0.05) is 13.1 Å². The molecule has 2 saturated heterocycles. The number of rotatable bonds is 5. The van der Waals surface area contributed by atoms with E-state index in [4.69, 9.17) is 20.2 Å². The number of hydrogen-bond donors (Lipinski definition) is 1. The van der Waals surface area contributed by atoms with Gasteiger partial charge >= 0.3 is 0 Å². The highest BCUT2D eigenvalue weighted by Gasteiger charge is 2.23. The van der Waals surface area contributed by atoms with Crippen LogP contribution in [-0.4, -0.2) is 68.8 Å². The van der Waals surface area contributed by atoms with Crippen molar-refractivity contribution in [3.8, 4) is 5.75 Å². The van der Waals surface area contributed by atoms with Crippen LogP contribution in [0.4, 0.5) is 0 Å². The Morgan fingerprint density at radius 3 is 2.38 bits per heavy atom. The number of hydrogen-bond acceptors (Lipinski definition) is 4. The molecule has 146 valence electrons. The van der Waals surface area contributed by atoms with E-state index in [1.54, 1.807) is 7.11 Å². The summed E-state index contributed by atoms with van der Waals surface area (Å²) in [7, 11) is 1.70. The van der Waals surface area contributed by atoms with Crippen molar-refractivity contribution in [1.82, 2.24) is 9.80 Å². The van der Waals surface area contributed by atoms with Crippen LogP contribution < -0.4 is 10.5 Å². The molecule has 0 saturated carbocycles. The molecule has 2 heterocycles. The molecule has 26 heavy (non-hydrogen) atoms. The van der Waals surface area contributed by atoms with Crippen molar-refractivity contribution in [1.29, 1.82) is 0 Å². The lowest BCUT2D eigenvalue weighted by Crippen LogP contribution is -2.45. The van der Waals surface area contributed by atoms with Crippen molar-refractivity contribution in [2.45, 2.75) is 25.3 Å². The molecule has 0 radical (unpaired) electrons. The Labute approximate surface area is 173 Å². The van der Waals surface area contributed by atoms with Gasteiger partial charge < -0.3 is 20.1 Å². The van der Waals surface area contributed by atoms with Crippen LogP contribution in [0.2, 0.25) is 0 Å². The first kappa shape index (κ1) is 21.2. The highest BCUT2D eigenvalue weighted by atomic mass is 127. The smallest absolute Gasteiger partial charge is 0.191 e. The standard InChI is InChI=1S/C19H30N4O2.HI/c1-24-17-7-5-16(6-8-17)18(22-9-3-2-4-10-22)15-21-19(20)23-11-13-25-14-12-23;/h5-8,18H,2-4,9-15H2,1H3,(H2,20,21);1H. The number of morpholine rings is 1. The molecular formula is C19H31IN4O2. The molecule has 2 N–H and O–H groups in total. The zero-order valence-electron chi connectivity index (χ0n) is 15.6. The molecule has 3 rings (SSSR count). The van der Waals surface area contributed by atoms with Gasteiger partial charge in [0.25, 0.3) is 0 Å². The maximum absolute atomic E-state index is 6.23. The van der Waals surface area contributed by atoms with Gasteiger partial charge in [0.2, 0.25) is 0 Å². The van der Waals surface area contributed by atoms with Crippen molar-refractivity contribution >= 4 is 29.9 Å². The lowest BCUT2D eigenvalue weighted by atomic mass is 10.0. The Bertz CT molecular complexity index is 555. The maximum Gasteiger partial charge on any atom is 0.191 e. The molecule has 0 aliphatic carbocycles. The van der Waals surface area contributed by atoms with Gasteiger partial charge in [0.15, 0.2) is 5.96 Å². The number of halogens is 1. The minimum Gasteiger partial charge on any atom is -0.497 e. The van der Waals surface area contributed by atoms with Gasteiger partial charge in [-0.2, -0.15) is 0 Å². The van der Waals surface area contributed by atoms with Crippen LogP contribution in [0, 0.1) is 0 Å². The molecule has 0 aromatic heterocycles. The van der Waals surface area contributed by atoms with E-state index in [1.165, 1.54) is 24.8 Å². The highest BCUT2D eigenvalue weighted by Crippen LogP contribution is 2.26. The summed E-state index contributed by atoms with van der Waals surface area (Å²) in [5.74, 6) is 1.52. The summed E-state index contributed by atoms with van der Waals surface area (Å²) < 4.78 is 10.7. The number of guanidine groups is 1. The zero-order valence-corrected chi connectivity index (χ0v) is 17.9. The number of aliphatic imine (C=N–C) groups is 1. The van der Waals surface area contributed by atoms with Crippen LogP contribution in [0.1, 0.15) is 30.9 Å². The van der Waals surface area contributed by atoms with Gasteiger partial charge in [-0.1, -0.05) is 18.6 Å². The maximum atomic E-state index is 6.23. The highest BCUT2D eigenvalue weighted by molar-refractivity contribution is 14.0. The Balaban J connectivity index is 0.00000243. The summed E-state index contributed by atoms with van der Waals surface area (Å²) in [6.45, 7) is 6.05. The predicted octanol–water partition coefficient (Wildman–Crippen LogP) is 2.49. The second-order valence-electron chi connectivity index (χ2n) is 6.68. The Kier molecular flexibility index (Phi) is 8.94. The van der Waals surface area contributed by atoms with Crippen molar-refractivity contribution in [2.75, 3.05) is 53.0 Å². The quantitative estimate of drug-likeness (QED) is 0.404. The van der Waals surface area contributed by atoms with Crippen LogP contribution in [0.25, 0.3) is 0 Å². The summed E-state index contributed by atoms with van der Waals surface area (Å²) in [5.41, 5.74) is 7.51. The van der Waals surface area contributed by atoms with E-state index in [1.807, 2.05) is 12.1 Å². The summed E-state index contributed by atoms with van der Waals surface area (Å²) in [4.78, 5) is 9.39. The zero-order chi connectivity index (χ0) is 17.5.